The van der Waals surface area contributed by atoms with Gasteiger partial charge in [0.25, 0.3) is 5.91 Å². The zero-order chi connectivity index (χ0) is 20.3. The summed E-state index contributed by atoms with van der Waals surface area (Å²) >= 11 is 5.85. The third kappa shape index (κ3) is 4.40. The summed E-state index contributed by atoms with van der Waals surface area (Å²) in [5.74, 6) is -2.40. The molecule has 28 heavy (non-hydrogen) atoms. The zero-order valence-electron chi connectivity index (χ0n) is 14.8. The van der Waals surface area contributed by atoms with Crippen LogP contribution in [0.5, 0.6) is 0 Å². The van der Waals surface area contributed by atoms with Crippen LogP contribution in [0.15, 0.2) is 51.7 Å². The normalized spacial score (nSPS) is 12.0. The number of benzene rings is 2. The highest BCUT2D eigenvalue weighted by Crippen LogP contribution is 2.22. The second-order valence-corrected chi connectivity index (χ2v) is 6.39. The second-order valence-electron chi connectivity index (χ2n) is 5.98. The van der Waals surface area contributed by atoms with Crippen LogP contribution in [0.2, 0.25) is 5.02 Å². The molecule has 0 saturated heterocycles. The number of hydrogen-bond acceptors (Lipinski definition) is 5. The Labute approximate surface area is 163 Å². The van der Waals surface area contributed by atoms with Gasteiger partial charge in [0, 0.05) is 6.54 Å². The Hall–Kier alpha value is -3.13. The zero-order valence-corrected chi connectivity index (χ0v) is 15.5. The summed E-state index contributed by atoms with van der Waals surface area (Å²) in [6.07, 6.45) is -1.23. The predicted octanol–water partition coefficient (Wildman–Crippen LogP) is 3.35. The average Bonchev–Trinajstić information content (AvgIpc) is 2.97. The number of oxazole rings is 1. The van der Waals surface area contributed by atoms with Crippen LogP contribution in [0.1, 0.15) is 13.3 Å². The Morgan fingerprint density at radius 2 is 2.04 bits per heavy atom. The Kier molecular flexibility index (Phi) is 5.79. The molecule has 0 unspecified atom stereocenters. The summed E-state index contributed by atoms with van der Waals surface area (Å²) < 4.78 is 24.5. The molecule has 0 aliphatic rings. The number of esters is 1. The highest BCUT2D eigenvalue weighted by Gasteiger charge is 2.19. The van der Waals surface area contributed by atoms with Crippen molar-refractivity contribution in [2.45, 2.75) is 26.0 Å². The standard InChI is InChI=1S/C19H16ClFN2O5/c1-11(18(25)22-14-7-6-12(21)10-13(14)20)27-17(24)8-9-23-15-4-2-3-5-16(15)28-19(23)26/h2-7,10-11H,8-9H2,1H3,(H,22,25)/t11-/m0/s1. The number of hydrogen-bond donors (Lipinski definition) is 1. The number of para-hydroxylation sites is 2. The van der Waals surface area contributed by atoms with Crippen LogP contribution in [0.25, 0.3) is 11.1 Å². The van der Waals surface area contributed by atoms with Gasteiger partial charge in [0.05, 0.1) is 22.6 Å². The lowest BCUT2D eigenvalue weighted by atomic mass is 10.3. The van der Waals surface area contributed by atoms with Gasteiger partial charge in [-0.05, 0) is 37.3 Å². The lowest BCUT2D eigenvalue weighted by Crippen LogP contribution is -2.30. The SMILES string of the molecule is C[C@H](OC(=O)CCn1c(=O)oc2ccccc21)C(=O)Nc1ccc(F)cc1Cl. The number of anilines is 1. The molecule has 9 heteroatoms. The third-order valence-electron chi connectivity index (χ3n) is 3.98. The van der Waals surface area contributed by atoms with E-state index in [-0.39, 0.29) is 23.7 Å². The topological polar surface area (TPSA) is 90.5 Å². The molecule has 7 nitrogen and oxygen atoms in total. The molecule has 1 N–H and O–H groups in total. The monoisotopic (exact) mass is 406 g/mol. The van der Waals surface area contributed by atoms with Gasteiger partial charge in [-0.15, -0.1) is 0 Å². The number of ether oxygens (including phenoxy) is 1. The number of aromatic nitrogens is 1. The first-order valence-electron chi connectivity index (χ1n) is 8.39. The van der Waals surface area contributed by atoms with Gasteiger partial charge in [-0.25, -0.2) is 9.18 Å². The number of carbonyl (C=O) groups is 2. The van der Waals surface area contributed by atoms with Crippen LogP contribution < -0.4 is 11.1 Å². The van der Waals surface area contributed by atoms with E-state index in [1.54, 1.807) is 24.3 Å². The number of fused-ring (bicyclic) bond motifs is 1. The summed E-state index contributed by atoms with van der Waals surface area (Å²) in [5, 5.41) is 2.49. The number of rotatable bonds is 6. The van der Waals surface area contributed by atoms with E-state index in [0.29, 0.717) is 11.1 Å². The molecule has 1 amide bonds. The first kappa shape index (κ1) is 19.6. The quantitative estimate of drug-likeness (QED) is 0.634. The van der Waals surface area contributed by atoms with Crippen molar-refractivity contribution in [3.63, 3.8) is 0 Å². The van der Waals surface area contributed by atoms with Crippen molar-refractivity contribution in [1.82, 2.24) is 4.57 Å². The molecule has 146 valence electrons. The summed E-state index contributed by atoms with van der Waals surface area (Å²) in [7, 11) is 0. The molecular weight excluding hydrogens is 391 g/mol. The van der Waals surface area contributed by atoms with E-state index in [1.807, 2.05) is 0 Å². The number of nitrogens with zero attached hydrogens (tertiary/aromatic N) is 1. The Morgan fingerprint density at radius 1 is 1.29 bits per heavy atom. The van der Waals surface area contributed by atoms with E-state index in [9.17, 15) is 18.8 Å². The average molecular weight is 407 g/mol. The largest absolute Gasteiger partial charge is 0.452 e. The first-order valence-corrected chi connectivity index (χ1v) is 8.76. The fourth-order valence-electron chi connectivity index (χ4n) is 2.56. The van der Waals surface area contributed by atoms with Gasteiger partial charge in [-0.1, -0.05) is 23.7 Å². The van der Waals surface area contributed by atoms with Gasteiger partial charge >= 0.3 is 11.7 Å². The van der Waals surface area contributed by atoms with Crippen molar-refractivity contribution in [3.8, 4) is 0 Å². The fourth-order valence-corrected chi connectivity index (χ4v) is 2.78. The van der Waals surface area contributed by atoms with Crippen molar-refractivity contribution < 1.29 is 23.1 Å². The molecule has 0 aliphatic carbocycles. The first-order chi connectivity index (χ1) is 13.3. The molecule has 0 fully saturated rings. The van der Waals surface area contributed by atoms with E-state index in [2.05, 4.69) is 5.32 Å². The molecule has 1 atom stereocenters. The van der Waals surface area contributed by atoms with Crippen LogP contribution in [0.3, 0.4) is 0 Å². The van der Waals surface area contributed by atoms with Crippen molar-refractivity contribution in [2.24, 2.45) is 0 Å². The number of amides is 1. The summed E-state index contributed by atoms with van der Waals surface area (Å²) in [6.45, 7) is 1.44. The van der Waals surface area contributed by atoms with Crippen LogP contribution >= 0.6 is 11.6 Å². The van der Waals surface area contributed by atoms with Crippen molar-refractivity contribution >= 4 is 40.3 Å². The van der Waals surface area contributed by atoms with Crippen molar-refractivity contribution in [2.75, 3.05) is 5.32 Å². The Morgan fingerprint density at radius 3 is 2.79 bits per heavy atom. The maximum absolute atomic E-state index is 13.0. The lowest BCUT2D eigenvalue weighted by molar-refractivity contribution is -0.153. The van der Waals surface area contributed by atoms with Crippen LogP contribution in [0, 0.1) is 5.82 Å². The molecule has 3 aromatic rings. The van der Waals surface area contributed by atoms with Gasteiger partial charge in [0.15, 0.2) is 11.7 Å². The van der Waals surface area contributed by atoms with E-state index < -0.39 is 29.6 Å². The van der Waals surface area contributed by atoms with Gasteiger partial charge < -0.3 is 14.5 Å². The minimum absolute atomic E-state index is 0.0260. The summed E-state index contributed by atoms with van der Waals surface area (Å²) in [4.78, 5) is 36.1. The Bertz CT molecular complexity index is 1090. The molecule has 1 aromatic heterocycles. The molecule has 0 bridgehead atoms. The minimum atomic E-state index is -1.11. The van der Waals surface area contributed by atoms with E-state index in [1.165, 1.54) is 17.6 Å². The maximum atomic E-state index is 13.0. The van der Waals surface area contributed by atoms with E-state index in [4.69, 9.17) is 20.8 Å². The van der Waals surface area contributed by atoms with Gasteiger partial charge in [0.2, 0.25) is 0 Å². The van der Waals surface area contributed by atoms with E-state index in [0.717, 1.165) is 12.1 Å². The second kappa shape index (κ2) is 8.26. The molecule has 0 radical (unpaired) electrons. The summed E-state index contributed by atoms with van der Waals surface area (Å²) in [5.41, 5.74) is 1.19. The number of aryl methyl sites for hydroxylation is 1. The van der Waals surface area contributed by atoms with Gasteiger partial charge in [-0.2, -0.15) is 0 Å². The fraction of sp³-hybridized carbons (Fsp3) is 0.211. The highest BCUT2D eigenvalue weighted by atomic mass is 35.5. The predicted molar refractivity (Wildman–Crippen MR) is 101 cm³/mol. The number of nitrogens with one attached hydrogen (secondary N) is 1. The van der Waals surface area contributed by atoms with E-state index >= 15 is 0 Å². The van der Waals surface area contributed by atoms with Crippen molar-refractivity contribution in [1.29, 1.82) is 0 Å². The number of carbonyl (C=O) groups excluding carboxylic acids is 2. The van der Waals surface area contributed by atoms with Crippen LogP contribution in [-0.2, 0) is 20.9 Å². The molecule has 0 saturated carbocycles. The highest BCUT2D eigenvalue weighted by molar-refractivity contribution is 6.33. The maximum Gasteiger partial charge on any atom is 0.419 e. The van der Waals surface area contributed by atoms with Crippen LogP contribution in [0.4, 0.5) is 10.1 Å². The van der Waals surface area contributed by atoms with Gasteiger partial charge in [-0.3, -0.25) is 14.2 Å². The molecule has 0 aliphatic heterocycles. The summed E-state index contributed by atoms with van der Waals surface area (Å²) in [6, 6.07) is 10.3. The third-order valence-corrected chi connectivity index (χ3v) is 4.29. The van der Waals surface area contributed by atoms with Crippen LogP contribution in [-0.4, -0.2) is 22.5 Å². The minimum Gasteiger partial charge on any atom is -0.452 e. The molecule has 1 heterocycles. The molecule has 3 rings (SSSR count). The molecule has 0 spiro atoms. The number of halogens is 2. The van der Waals surface area contributed by atoms with Crippen molar-refractivity contribution in [3.05, 3.63) is 63.9 Å². The Balaban J connectivity index is 1.57. The van der Waals surface area contributed by atoms with Gasteiger partial charge in [0.1, 0.15) is 5.82 Å². The molecular formula is C19H16ClFN2O5. The lowest BCUT2D eigenvalue weighted by Gasteiger charge is -2.14. The smallest absolute Gasteiger partial charge is 0.419 e. The molecule has 2 aromatic carbocycles.